The predicted octanol–water partition coefficient (Wildman–Crippen LogP) is 2.23. The highest BCUT2D eigenvalue weighted by atomic mass is 32.2. The first-order chi connectivity index (χ1) is 10.5. The molecule has 3 rings (SSSR count). The molecule has 2 N–H and O–H groups in total. The number of sulfonamides is 1. The number of nitrogens with zero attached hydrogens (tertiary/aromatic N) is 2. The summed E-state index contributed by atoms with van der Waals surface area (Å²) in [6.07, 6.45) is 1.70. The maximum Gasteiger partial charge on any atom is 0.243 e. The summed E-state index contributed by atoms with van der Waals surface area (Å²) in [5, 5.41) is 2.80. The number of thiazole rings is 1. The third-order valence-electron chi connectivity index (χ3n) is 3.90. The molecule has 118 valence electrons. The van der Waals surface area contributed by atoms with E-state index in [4.69, 9.17) is 5.73 Å². The van der Waals surface area contributed by atoms with Crippen molar-refractivity contribution in [2.24, 2.45) is 5.73 Å². The van der Waals surface area contributed by atoms with Crippen molar-refractivity contribution in [2.75, 3.05) is 13.1 Å². The lowest BCUT2D eigenvalue weighted by molar-refractivity contribution is 0.393. The van der Waals surface area contributed by atoms with Crippen LogP contribution in [0.1, 0.15) is 18.5 Å². The monoisotopic (exact) mass is 337 g/mol. The molecular formula is C15H19N3O2S2. The zero-order valence-electron chi connectivity index (χ0n) is 12.4. The largest absolute Gasteiger partial charge is 0.329 e. The van der Waals surface area contributed by atoms with E-state index < -0.39 is 10.0 Å². The third-order valence-corrected chi connectivity index (χ3v) is 6.86. The van der Waals surface area contributed by atoms with Gasteiger partial charge >= 0.3 is 0 Å². The average Bonchev–Trinajstić information content (AvgIpc) is 3.16. The molecule has 1 aromatic heterocycles. The Morgan fingerprint density at radius 1 is 1.45 bits per heavy atom. The van der Waals surface area contributed by atoms with E-state index >= 15 is 0 Å². The summed E-state index contributed by atoms with van der Waals surface area (Å²) in [6.45, 7) is 2.84. The number of aryl methyl sites for hydroxylation is 1. The number of nitrogens with two attached hydrogens (primary N) is 1. The Balaban J connectivity index is 1.98. The summed E-state index contributed by atoms with van der Waals surface area (Å²) in [4.78, 5) is 4.74. The van der Waals surface area contributed by atoms with Crippen molar-refractivity contribution < 1.29 is 8.42 Å². The van der Waals surface area contributed by atoms with Crippen molar-refractivity contribution in [1.29, 1.82) is 0 Å². The lowest BCUT2D eigenvalue weighted by Crippen LogP contribution is -2.39. The second-order valence-electron chi connectivity index (χ2n) is 5.47. The van der Waals surface area contributed by atoms with Crippen molar-refractivity contribution in [3.8, 4) is 10.6 Å². The minimum absolute atomic E-state index is 0.0873. The molecule has 5 nitrogen and oxygen atoms in total. The minimum atomic E-state index is -3.49. The molecule has 0 spiro atoms. The fraction of sp³-hybridized carbons (Fsp3) is 0.400. The first-order valence-electron chi connectivity index (χ1n) is 7.27. The van der Waals surface area contributed by atoms with E-state index in [1.54, 1.807) is 22.5 Å². The van der Waals surface area contributed by atoms with Gasteiger partial charge < -0.3 is 5.73 Å². The summed E-state index contributed by atoms with van der Waals surface area (Å²) in [5.41, 5.74) is 7.48. The molecule has 7 heteroatoms. The summed E-state index contributed by atoms with van der Waals surface area (Å²) in [6, 6.07) is 6.93. The highest BCUT2D eigenvalue weighted by Crippen LogP contribution is 2.29. The molecule has 2 aromatic rings. The molecule has 0 amide bonds. The van der Waals surface area contributed by atoms with Crippen LogP contribution in [0.2, 0.25) is 0 Å². The van der Waals surface area contributed by atoms with Gasteiger partial charge in [0.2, 0.25) is 10.0 Å². The number of benzene rings is 1. The van der Waals surface area contributed by atoms with E-state index in [2.05, 4.69) is 4.98 Å². The van der Waals surface area contributed by atoms with Gasteiger partial charge in [0.25, 0.3) is 0 Å². The average molecular weight is 337 g/mol. The maximum atomic E-state index is 12.8. The SMILES string of the molecule is Cc1csc(-c2cccc(S(=O)(=O)N3CCCC3CN)c2)n1. The van der Waals surface area contributed by atoms with Gasteiger partial charge in [0, 0.05) is 35.8 Å². The summed E-state index contributed by atoms with van der Waals surface area (Å²) < 4.78 is 27.2. The maximum absolute atomic E-state index is 12.8. The van der Waals surface area contributed by atoms with E-state index in [1.165, 1.54) is 11.3 Å². The van der Waals surface area contributed by atoms with Gasteiger partial charge in [-0.1, -0.05) is 12.1 Å². The topological polar surface area (TPSA) is 76.3 Å². The molecule has 1 aliphatic heterocycles. The van der Waals surface area contributed by atoms with Crippen molar-refractivity contribution >= 4 is 21.4 Å². The van der Waals surface area contributed by atoms with Gasteiger partial charge in [-0.25, -0.2) is 13.4 Å². The van der Waals surface area contributed by atoms with Crippen LogP contribution in [0, 0.1) is 6.92 Å². The van der Waals surface area contributed by atoms with E-state index in [-0.39, 0.29) is 6.04 Å². The van der Waals surface area contributed by atoms with Crippen molar-refractivity contribution in [3.05, 3.63) is 35.3 Å². The van der Waals surface area contributed by atoms with Crippen LogP contribution in [0.5, 0.6) is 0 Å². The quantitative estimate of drug-likeness (QED) is 0.928. The van der Waals surface area contributed by atoms with Crippen molar-refractivity contribution in [2.45, 2.75) is 30.7 Å². The van der Waals surface area contributed by atoms with Gasteiger partial charge in [-0.3, -0.25) is 0 Å². The molecule has 1 aliphatic rings. The molecule has 2 heterocycles. The summed E-state index contributed by atoms with van der Waals surface area (Å²) >= 11 is 1.52. The molecule has 0 saturated carbocycles. The highest BCUT2D eigenvalue weighted by molar-refractivity contribution is 7.89. The van der Waals surface area contributed by atoms with Crippen LogP contribution in [0.3, 0.4) is 0 Å². The second kappa shape index (κ2) is 6.08. The number of rotatable bonds is 4. The molecule has 1 fully saturated rings. The van der Waals surface area contributed by atoms with Crippen molar-refractivity contribution in [1.82, 2.24) is 9.29 Å². The van der Waals surface area contributed by atoms with E-state index in [1.807, 2.05) is 18.4 Å². The Hall–Kier alpha value is -1.28. The van der Waals surface area contributed by atoms with Crippen molar-refractivity contribution in [3.63, 3.8) is 0 Å². The van der Waals surface area contributed by atoms with Crippen LogP contribution in [-0.4, -0.2) is 36.8 Å². The standard InChI is InChI=1S/C15H19N3O2S2/c1-11-10-21-15(17-11)12-4-2-6-14(8-12)22(19,20)18-7-3-5-13(18)9-16/h2,4,6,8,10,13H,3,5,7,9,16H2,1H3. The van der Waals surface area contributed by atoms with Crippen LogP contribution in [0.25, 0.3) is 10.6 Å². The van der Waals surface area contributed by atoms with E-state index in [0.717, 1.165) is 29.1 Å². The predicted molar refractivity (Wildman–Crippen MR) is 88.3 cm³/mol. The molecule has 22 heavy (non-hydrogen) atoms. The van der Waals surface area contributed by atoms with E-state index in [0.29, 0.717) is 18.0 Å². The Kier molecular flexibility index (Phi) is 4.31. The van der Waals surface area contributed by atoms with Crippen LogP contribution in [0.4, 0.5) is 0 Å². The normalized spacial score (nSPS) is 19.6. The number of hydrogen-bond donors (Lipinski definition) is 1. The van der Waals surface area contributed by atoms with Gasteiger partial charge in [-0.2, -0.15) is 4.31 Å². The Morgan fingerprint density at radius 3 is 2.95 bits per heavy atom. The summed E-state index contributed by atoms with van der Waals surface area (Å²) in [5.74, 6) is 0. The Bertz CT molecular complexity index is 771. The Morgan fingerprint density at radius 2 is 2.27 bits per heavy atom. The highest BCUT2D eigenvalue weighted by Gasteiger charge is 2.34. The molecule has 0 radical (unpaired) electrons. The molecule has 1 aromatic carbocycles. The first kappa shape index (κ1) is 15.6. The van der Waals surface area contributed by atoms with Crippen LogP contribution >= 0.6 is 11.3 Å². The minimum Gasteiger partial charge on any atom is -0.329 e. The summed E-state index contributed by atoms with van der Waals surface area (Å²) in [7, 11) is -3.49. The number of aromatic nitrogens is 1. The van der Waals surface area contributed by atoms with Gasteiger partial charge in [-0.05, 0) is 31.9 Å². The van der Waals surface area contributed by atoms with Gasteiger partial charge in [-0.15, -0.1) is 11.3 Å². The molecule has 1 saturated heterocycles. The fourth-order valence-electron chi connectivity index (χ4n) is 2.77. The molecular weight excluding hydrogens is 318 g/mol. The van der Waals surface area contributed by atoms with Crippen LogP contribution < -0.4 is 5.73 Å². The lowest BCUT2D eigenvalue weighted by Gasteiger charge is -2.23. The first-order valence-corrected chi connectivity index (χ1v) is 9.59. The Labute approximate surface area is 134 Å². The van der Waals surface area contributed by atoms with Gasteiger partial charge in [0.15, 0.2) is 0 Å². The van der Waals surface area contributed by atoms with Gasteiger partial charge in [0.1, 0.15) is 5.01 Å². The zero-order valence-corrected chi connectivity index (χ0v) is 14.0. The van der Waals surface area contributed by atoms with Crippen LogP contribution in [-0.2, 0) is 10.0 Å². The third kappa shape index (κ3) is 2.81. The van der Waals surface area contributed by atoms with Crippen LogP contribution in [0.15, 0.2) is 34.5 Å². The zero-order chi connectivity index (χ0) is 15.7. The molecule has 1 unspecified atom stereocenters. The molecule has 0 aliphatic carbocycles. The molecule has 1 atom stereocenters. The number of hydrogen-bond acceptors (Lipinski definition) is 5. The lowest BCUT2D eigenvalue weighted by atomic mass is 10.2. The fourth-order valence-corrected chi connectivity index (χ4v) is 5.32. The second-order valence-corrected chi connectivity index (χ2v) is 8.22. The smallest absolute Gasteiger partial charge is 0.243 e. The van der Waals surface area contributed by atoms with Gasteiger partial charge in [0.05, 0.1) is 4.90 Å². The molecule has 0 bridgehead atoms. The van der Waals surface area contributed by atoms with E-state index in [9.17, 15) is 8.42 Å².